The lowest BCUT2D eigenvalue weighted by Gasteiger charge is -2.41. The van der Waals surface area contributed by atoms with E-state index in [0.29, 0.717) is 6.04 Å². The number of fused-ring (bicyclic) bond motifs is 2. The third kappa shape index (κ3) is 2.60. The number of aliphatic imine (C=N–C) groups is 1. The molecule has 1 aromatic rings. The Labute approximate surface area is 136 Å². The Kier molecular flexibility index (Phi) is 4.39. The Hall–Kier alpha value is -1.55. The number of ether oxygens (including phenoxy) is 1. The molecule has 2 aliphatic heterocycles. The zero-order valence-corrected chi connectivity index (χ0v) is 13.7. The smallest absolute Gasteiger partial charge is 0.310 e. The second kappa shape index (κ2) is 6.29. The van der Waals surface area contributed by atoms with E-state index in [0.717, 1.165) is 18.5 Å². The molecule has 2 bridgehead atoms. The van der Waals surface area contributed by atoms with Crippen LogP contribution in [0, 0.1) is 5.92 Å². The van der Waals surface area contributed by atoms with Crippen molar-refractivity contribution in [3.8, 4) is 0 Å². The lowest BCUT2D eigenvalue weighted by molar-refractivity contribution is -0.150. The second-order valence-electron chi connectivity index (χ2n) is 6.15. The number of hydrogen-bond donors (Lipinski definition) is 0. The van der Waals surface area contributed by atoms with E-state index in [4.69, 9.17) is 4.74 Å². The van der Waals surface area contributed by atoms with Gasteiger partial charge in [0.05, 0.1) is 23.9 Å². The molecule has 0 spiro atoms. The van der Waals surface area contributed by atoms with E-state index in [2.05, 4.69) is 46.5 Å². The predicted octanol–water partition coefficient (Wildman–Crippen LogP) is 3.16. The van der Waals surface area contributed by atoms with Crippen LogP contribution >= 0.6 is 12.2 Å². The number of nitrogens with zero attached hydrogens (tertiary/aromatic N) is 2. The van der Waals surface area contributed by atoms with Crippen molar-refractivity contribution in [2.24, 2.45) is 10.9 Å². The van der Waals surface area contributed by atoms with Crippen molar-refractivity contribution in [1.29, 1.82) is 0 Å². The largest absolute Gasteiger partial charge is 0.469 e. The molecule has 5 heteroatoms. The summed E-state index contributed by atoms with van der Waals surface area (Å²) >= 11 is 4.63. The van der Waals surface area contributed by atoms with E-state index >= 15 is 0 Å². The number of esters is 1. The number of benzene rings is 1. The SMILES string of the molecule is COC(=O)C1C(c2ccc(N=C=S)cc2)CC2CCC1N2C. The van der Waals surface area contributed by atoms with E-state index < -0.39 is 0 Å². The molecule has 0 aromatic heterocycles. The number of isothiocyanates is 1. The van der Waals surface area contributed by atoms with E-state index in [1.807, 2.05) is 12.1 Å². The van der Waals surface area contributed by atoms with Gasteiger partial charge >= 0.3 is 5.97 Å². The second-order valence-corrected chi connectivity index (χ2v) is 6.33. The number of carbonyl (C=O) groups excluding carboxylic acids is 1. The fourth-order valence-electron chi connectivity index (χ4n) is 4.12. The molecule has 4 atom stereocenters. The molecule has 116 valence electrons. The molecule has 2 heterocycles. The zero-order chi connectivity index (χ0) is 15.7. The van der Waals surface area contributed by atoms with Gasteiger partial charge in [0.25, 0.3) is 0 Å². The summed E-state index contributed by atoms with van der Waals surface area (Å²) in [5.41, 5.74) is 1.98. The maximum absolute atomic E-state index is 12.4. The highest BCUT2D eigenvalue weighted by molar-refractivity contribution is 7.78. The van der Waals surface area contributed by atoms with Crippen molar-refractivity contribution in [3.63, 3.8) is 0 Å². The van der Waals surface area contributed by atoms with Crippen molar-refractivity contribution >= 4 is 29.0 Å². The molecule has 4 unspecified atom stereocenters. The predicted molar refractivity (Wildman–Crippen MR) is 88.6 cm³/mol. The highest BCUT2D eigenvalue weighted by Crippen LogP contribution is 2.46. The molecule has 2 aliphatic rings. The molecular weight excluding hydrogens is 296 g/mol. The Morgan fingerprint density at radius 1 is 1.36 bits per heavy atom. The monoisotopic (exact) mass is 316 g/mol. The van der Waals surface area contributed by atoms with Crippen molar-refractivity contribution in [3.05, 3.63) is 29.8 Å². The van der Waals surface area contributed by atoms with Crippen LogP contribution in [-0.2, 0) is 9.53 Å². The molecule has 0 N–H and O–H groups in total. The first-order valence-electron chi connectivity index (χ1n) is 7.63. The summed E-state index contributed by atoms with van der Waals surface area (Å²) in [6, 6.07) is 8.82. The molecule has 2 saturated heterocycles. The van der Waals surface area contributed by atoms with E-state index in [1.165, 1.54) is 19.1 Å². The van der Waals surface area contributed by atoms with Crippen LogP contribution < -0.4 is 0 Å². The van der Waals surface area contributed by atoms with Crippen LogP contribution in [0.4, 0.5) is 5.69 Å². The Bertz CT molecular complexity index is 610. The van der Waals surface area contributed by atoms with E-state index in [-0.39, 0.29) is 23.8 Å². The van der Waals surface area contributed by atoms with E-state index in [9.17, 15) is 4.79 Å². The number of carbonyl (C=O) groups is 1. The molecular formula is C17H20N2O2S. The zero-order valence-electron chi connectivity index (χ0n) is 12.9. The lowest BCUT2D eigenvalue weighted by atomic mass is 9.76. The first-order valence-corrected chi connectivity index (χ1v) is 8.04. The van der Waals surface area contributed by atoms with Gasteiger partial charge in [-0.2, -0.15) is 4.99 Å². The average Bonchev–Trinajstić information content (AvgIpc) is 2.77. The van der Waals surface area contributed by atoms with Crippen molar-refractivity contribution in [2.45, 2.75) is 37.3 Å². The Morgan fingerprint density at radius 3 is 2.73 bits per heavy atom. The standard InChI is InChI=1S/C17H20N2O2S/c1-19-13-7-8-15(19)16(17(20)21-2)14(9-13)11-3-5-12(6-4-11)18-10-22/h3-6,13-16H,7-9H2,1-2H3. The van der Waals surface area contributed by atoms with Crippen LogP contribution in [0.25, 0.3) is 0 Å². The average molecular weight is 316 g/mol. The third-order valence-electron chi connectivity index (χ3n) is 5.24. The number of hydrogen-bond acceptors (Lipinski definition) is 5. The molecule has 0 aliphatic carbocycles. The fraction of sp³-hybridized carbons (Fsp3) is 0.529. The van der Waals surface area contributed by atoms with Gasteiger partial charge < -0.3 is 4.74 Å². The van der Waals surface area contributed by atoms with Crippen LogP contribution in [0.1, 0.15) is 30.7 Å². The van der Waals surface area contributed by atoms with Gasteiger partial charge in [0.2, 0.25) is 0 Å². The minimum absolute atomic E-state index is 0.0892. The van der Waals surface area contributed by atoms with Gasteiger partial charge in [0.15, 0.2) is 0 Å². The van der Waals surface area contributed by atoms with Crippen molar-refractivity contribution < 1.29 is 9.53 Å². The van der Waals surface area contributed by atoms with Crippen molar-refractivity contribution in [1.82, 2.24) is 4.90 Å². The number of thiocarbonyl (C=S) groups is 1. The molecule has 1 aromatic carbocycles. The highest BCUT2D eigenvalue weighted by Gasteiger charge is 2.49. The number of methoxy groups -OCH3 is 1. The van der Waals surface area contributed by atoms with Gasteiger partial charge in [-0.15, -0.1) is 0 Å². The molecule has 0 saturated carbocycles. The maximum Gasteiger partial charge on any atom is 0.310 e. The summed E-state index contributed by atoms with van der Waals surface area (Å²) < 4.78 is 5.09. The summed E-state index contributed by atoms with van der Waals surface area (Å²) in [7, 11) is 3.61. The molecule has 0 radical (unpaired) electrons. The van der Waals surface area contributed by atoms with Crippen molar-refractivity contribution in [2.75, 3.05) is 14.2 Å². The fourth-order valence-corrected chi connectivity index (χ4v) is 4.22. The van der Waals surface area contributed by atoms with Crippen LogP contribution in [-0.4, -0.2) is 42.3 Å². The first kappa shape index (κ1) is 15.3. The lowest BCUT2D eigenvalue weighted by Crippen LogP contribution is -2.49. The Balaban J connectivity index is 1.93. The van der Waals surface area contributed by atoms with Gasteiger partial charge in [-0.3, -0.25) is 9.69 Å². The summed E-state index contributed by atoms with van der Waals surface area (Å²) in [5, 5.41) is 2.38. The van der Waals surface area contributed by atoms with E-state index in [1.54, 1.807) is 0 Å². The van der Waals surface area contributed by atoms with Crippen LogP contribution in [0.3, 0.4) is 0 Å². The van der Waals surface area contributed by atoms with Gasteiger partial charge in [0.1, 0.15) is 0 Å². The normalized spacial score (nSPS) is 30.6. The highest BCUT2D eigenvalue weighted by atomic mass is 32.1. The topological polar surface area (TPSA) is 41.9 Å². The summed E-state index contributed by atoms with van der Waals surface area (Å²) in [5.74, 6) is 0.0310. The van der Waals surface area contributed by atoms with Crippen LogP contribution in [0.2, 0.25) is 0 Å². The van der Waals surface area contributed by atoms with Gasteiger partial charge in [-0.1, -0.05) is 12.1 Å². The minimum Gasteiger partial charge on any atom is -0.469 e. The molecule has 3 rings (SSSR count). The van der Waals surface area contributed by atoms with Gasteiger partial charge in [0, 0.05) is 18.0 Å². The number of rotatable bonds is 3. The van der Waals surface area contributed by atoms with Gasteiger partial charge in [-0.05, 0) is 56.2 Å². The quantitative estimate of drug-likeness (QED) is 0.488. The van der Waals surface area contributed by atoms with Gasteiger partial charge in [-0.25, -0.2) is 0 Å². The molecule has 0 amide bonds. The maximum atomic E-state index is 12.4. The Morgan fingerprint density at radius 2 is 2.09 bits per heavy atom. The van der Waals surface area contributed by atoms with Crippen LogP contribution in [0.5, 0.6) is 0 Å². The summed E-state index contributed by atoms with van der Waals surface area (Å²) in [4.78, 5) is 18.7. The number of piperidine rings is 1. The minimum atomic E-state index is -0.0943. The summed E-state index contributed by atoms with van der Waals surface area (Å²) in [6.45, 7) is 0. The van der Waals surface area contributed by atoms with Crippen LogP contribution in [0.15, 0.2) is 29.3 Å². The molecule has 2 fully saturated rings. The third-order valence-corrected chi connectivity index (χ3v) is 5.33. The summed E-state index contributed by atoms with van der Waals surface area (Å²) in [6.07, 6.45) is 3.24. The molecule has 4 nitrogen and oxygen atoms in total. The molecule has 22 heavy (non-hydrogen) atoms. The first-order chi connectivity index (χ1) is 10.7.